The molecule has 0 bridgehead atoms. The van der Waals surface area contributed by atoms with Gasteiger partial charge in [-0.25, -0.2) is 4.98 Å². The number of amides is 1. The summed E-state index contributed by atoms with van der Waals surface area (Å²) in [5, 5.41) is 5.80. The summed E-state index contributed by atoms with van der Waals surface area (Å²) < 4.78 is 0. The van der Waals surface area contributed by atoms with Gasteiger partial charge in [-0.15, -0.1) is 11.3 Å². The molecule has 2 aromatic rings. The zero-order valence-corrected chi connectivity index (χ0v) is 14.7. The second kappa shape index (κ2) is 8.89. The lowest BCUT2D eigenvalue weighted by molar-refractivity contribution is -0.120. The van der Waals surface area contributed by atoms with Crippen molar-refractivity contribution in [2.75, 3.05) is 26.2 Å². The fourth-order valence-electron chi connectivity index (χ4n) is 2.92. The molecule has 1 aliphatic heterocycles. The Morgan fingerprint density at radius 1 is 1.25 bits per heavy atom. The van der Waals surface area contributed by atoms with Gasteiger partial charge in [0.25, 0.3) is 0 Å². The van der Waals surface area contributed by atoms with E-state index in [1.807, 2.05) is 23.6 Å². The van der Waals surface area contributed by atoms with Gasteiger partial charge in [0.15, 0.2) is 0 Å². The predicted molar refractivity (Wildman–Crippen MR) is 97.0 cm³/mol. The maximum Gasteiger partial charge on any atom is 0.226 e. The van der Waals surface area contributed by atoms with Crippen LogP contribution in [0.2, 0.25) is 0 Å². The first-order valence-electron chi connectivity index (χ1n) is 8.66. The van der Waals surface area contributed by atoms with Gasteiger partial charge in [-0.2, -0.15) is 0 Å². The molecule has 128 valence electrons. The van der Waals surface area contributed by atoms with Crippen LogP contribution < -0.4 is 5.32 Å². The highest BCUT2D eigenvalue weighted by atomic mass is 32.1. The fraction of sp³-hybridized carbons (Fsp3) is 0.500. The molecule has 1 aliphatic rings. The SMILES string of the molecule is O=C(Cc1csc(-c2ccccn2)n1)NCCCCN1CCCC1. The number of hydrogen-bond acceptors (Lipinski definition) is 5. The van der Waals surface area contributed by atoms with Gasteiger partial charge in [-0.3, -0.25) is 9.78 Å². The smallest absolute Gasteiger partial charge is 0.226 e. The average molecular weight is 344 g/mol. The highest BCUT2D eigenvalue weighted by molar-refractivity contribution is 7.13. The zero-order valence-electron chi connectivity index (χ0n) is 13.9. The number of nitrogens with one attached hydrogen (secondary N) is 1. The third-order valence-corrected chi connectivity index (χ3v) is 5.11. The molecule has 1 fully saturated rings. The summed E-state index contributed by atoms with van der Waals surface area (Å²) in [6.07, 6.45) is 6.97. The first-order chi connectivity index (χ1) is 11.8. The van der Waals surface area contributed by atoms with Crippen LogP contribution in [0.15, 0.2) is 29.8 Å². The lowest BCUT2D eigenvalue weighted by Gasteiger charge is -2.13. The molecule has 1 saturated heterocycles. The van der Waals surface area contributed by atoms with E-state index in [4.69, 9.17) is 0 Å². The van der Waals surface area contributed by atoms with Crippen LogP contribution in [0.1, 0.15) is 31.4 Å². The van der Waals surface area contributed by atoms with E-state index in [9.17, 15) is 4.79 Å². The molecule has 0 aliphatic carbocycles. The minimum atomic E-state index is 0.0500. The van der Waals surface area contributed by atoms with E-state index in [2.05, 4.69) is 20.2 Å². The molecule has 0 aromatic carbocycles. The van der Waals surface area contributed by atoms with E-state index in [0.717, 1.165) is 42.3 Å². The lowest BCUT2D eigenvalue weighted by Crippen LogP contribution is -2.27. The van der Waals surface area contributed by atoms with Crippen molar-refractivity contribution in [1.29, 1.82) is 0 Å². The van der Waals surface area contributed by atoms with E-state index >= 15 is 0 Å². The quantitative estimate of drug-likeness (QED) is 0.748. The van der Waals surface area contributed by atoms with Crippen molar-refractivity contribution in [3.8, 4) is 10.7 Å². The molecular weight excluding hydrogens is 320 g/mol. The highest BCUT2D eigenvalue weighted by Crippen LogP contribution is 2.21. The van der Waals surface area contributed by atoms with Gasteiger partial charge >= 0.3 is 0 Å². The standard InChI is InChI=1S/C18H24N4OS/c23-17(20-9-3-4-10-22-11-5-6-12-22)13-15-14-24-18(21-15)16-7-1-2-8-19-16/h1-2,7-8,14H,3-6,9-13H2,(H,20,23). The number of carbonyl (C=O) groups excluding carboxylic acids is 1. The Morgan fingerprint density at radius 3 is 2.92 bits per heavy atom. The van der Waals surface area contributed by atoms with Crippen LogP contribution in [0, 0.1) is 0 Å². The minimum absolute atomic E-state index is 0.0500. The number of likely N-dealkylation sites (tertiary alicyclic amines) is 1. The van der Waals surface area contributed by atoms with Crippen LogP contribution in [0.4, 0.5) is 0 Å². The number of unbranched alkanes of at least 4 members (excludes halogenated alkanes) is 1. The first kappa shape index (κ1) is 17.0. The number of nitrogens with zero attached hydrogens (tertiary/aromatic N) is 3. The summed E-state index contributed by atoms with van der Waals surface area (Å²) in [6.45, 7) is 4.41. The Hall–Kier alpha value is -1.79. The van der Waals surface area contributed by atoms with Gasteiger partial charge in [-0.05, 0) is 57.5 Å². The second-order valence-corrected chi connectivity index (χ2v) is 7.00. The highest BCUT2D eigenvalue weighted by Gasteiger charge is 2.11. The van der Waals surface area contributed by atoms with E-state index in [1.165, 1.54) is 37.3 Å². The third kappa shape index (κ3) is 5.11. The summed E-state index contributed by atoms with van der Waals surface area (Å²) in [7, 11) is 0. The number of pyridine rings is 1. The predicted octanol–water partition coefficient (Wildman–Crippen LogP) is 2.74. The molecule has 0 radical (unpaired) electrons. The summed E-state index contributed by atoms with van der Waals surface area (Å²) >= 11 is 1.53. The number of hydrogen-bond donors (Lipinski definition) is 1. The topological polar surface area (TPSA) is 58.1 Å². The van der Waals surface area contributed by atoms with Crippen molar-refractivity contribution < 1.29 is 4.79 Å². The van der Waals surface area contributed by atoms with Gasteiger partial charge in [0.05, 0.1) is 17.8 Å². The normalized spacial score (nSPS) is 14.8. The average Bonchev–Trinajstić information content (AvgIpc) is 3.27. The molecular formula is C18H24N4OS. The molecule has 3 rings (SSSR count). The van der Waals surface area contributed by atoms with Crippen molar-refractivity contribution in [1.82, 2.24) is 20.2 Å². The molecule has 0 spiro atoms. The molecule has 24 heavy (non-hydrogen) atoms. The van der Waals surface area contributed by atoms with Gasteiger partial charge < -0.3 is 10.2 Å². The number of carbonyl (C=O) groups is 1. The van der Waals surface area contributed by atoms with E-state index in [0.29, 0.717) is 6.42 Å². The molecule has 0 unspecified atom stereocenters. The Balaban J connectivity index is 1.35. The second-order valence-electron chi connectivity index (χ2n) is 6.14. The van der Waals surface area contributed by atoms with Gasteiger partial charge in [-0.1, -0.05) is 6.07 Å². The third-order valence-electron chi connectivity index (χ3n) is 4.20. The molecule has 6 heteroatoms. The van der Waals surface area contributed by atoms with Crippen LogP contribution >= 0.6 is 11.3 Å². The number of thiazole rings is 1. The van der Waals surface area contributed by atoms with E-state index < -0.39 is 0 Å². The van der Waals surface area contributed by atoms with Crippen LogP contribution in [0.5, 0.6) is 0 Å². The Kier molecular flexibility index (Phi) is 6.32. The van der Waals surface area contributed by atoms with E-state index in [1.54, 1.807) is 6.20 Å². The molecule has 0 saturated carbocycles. The zero-order chi connectivity index (χ0) is 16.6. The van der Waals surface area contributed by atoms with Crippen molar-refractivity contribution in [3.63, 3.8) is 0 Å². The maximum absolute atomic E-state index is 12.0. The Morgan fingerprint density at radius 2 is 2.12 bits per heavy atom. The molecule has 2 aromatic heterocycles. The minimum Gasteiger partial charge on any atom is -0.356 e. The van der Waals surface area contributed by atoms with Crippen molar-refractivity contribution in [2.24, 2.45) is 0 Å². The largest absolute Gasteiger partial charge is 0.356 e. The molecule has 3 heterocycles. The molecule has 1 amide bonds. The summed E-state index contributed by atoms with van der Waals surface area (Å²) in [6, 6.07) is 5.76. The summed E-state index contributed by atoms with van der Waals surface area (Å²) in [5.41, 5.74) is 1.67. The van der Waals surface area contributed by atoms with Gasteiger partial charge in [0.2, 0.25) is 5.91 Å². The van der Waals surface area contributed by atoms with Crippen LogP contribution in [0.25, 0.3) is 10.7 Å². The molecule has 1 N–H and O–H groups in total. The summed E-state index contributed by atoms with van der Waals surface area (Å²) in [5.74, 6) is 0.0500. The van der Waals surface area contributed by atoms with Crippen LogP contribution in [0.3, 0.4) is 0 Å². The maximum atomic E-state index is 12.0. The molecule has 0 atom stereocenters. The van der Waals surface area contributed by atoms with Crippen molar-refractivity contribution >= 4 is 17.2 Å². The molecule has 5 nitrogen and oxygen atoms in total. The van der Waals surface area contributed by atoms with E-state index in [-0.39, 0.29) is 5.91 Å². The first-order valence-corrected chi connectivity index (χ1v) is 9.54. The fourth-order valence-corrected chi connectivity index (χ4v) is 3.71. The lowest BCUT2D eigenvalue weighted by atomic mass is 10.2. The monoisotopic (exact) mass is 344 g/mol. The number of aromatic nitrogens is 2. The van der Waals surface area contributed by atoms with Gasteiger partial charge in [0.1, 0.15) is 5.01 Å². The van der Waals surface area contributed by atoms with Gasteiger partial charge in [0, 0.05) is 18.1 Å². The Labute approximate surface area is 147 Å². The number of rotatable bonds is 8. The van der Waals surface area contributed by atoms with Crippen LogP contribution in [-0.4, -0.2) is 47.0 Å². The Bertz CT molecular complexity index is 637. The van der Waals surface area contributed by atoms with Crippen LogP contribution in [-0.2, 0) is 11.2 Å². The van der Waals surface area contributed by atoms with Crippen molar-refractivity contribution in [2.45, 2.75) is 32.1 Å². The summed E-state index contributed by atoms with van der Waals surface area (Å²) in [4.78, 5) is 23.3. The van der Waals surface area contributed by atoms with Crippen molar-refractivity contribution in [3.05, 3.63) is 35.5 Å².